The van der Waals surface area contributed by atoms with Crippen LogP contribution in [0.3, 0.4) is 0 Å². The first-order valence-corrected chi connectivity index (χ1v) is 22.2. The van der Waals surface area contributed by atoms with E-state index in [0.717, 1.165) is 61.7 Å². The molecule has 0 amide bonds. The molecule has 4 nitrogen and oxygen atoms in total. The van der Waals surface area contributed by atoms with Crippen LogP contribution < -0.4 is 0 Å². The molecule has 0 unspecified atom stereocenters. The van der Waals surface area contributed by atoms with E-state index in [1.807, 2.05) is 0 Å². The highest BCUT2D eigenvalue weighted by Gasteiger charge is 2.19. The van der Waals surface area contributed by atoms with Crippen LogP contribution in [0, 0.1) is 0 Å². The molecule has 304 valence electrons. The zero-order valence-electron chi connectivity index (χ0n) is 35.4. The number of imidazole rings is 1. The zero-order chi connectivity index (χ0) is 42.8. The molecular formula is C61H40N4. The summed E-state index contributed by atoms with van der Waals surface area (Å²) >= 11 is 0. The van der Waals surface area contributed by atoms with E-state index in [0.29, 0.717) is 0 Å². The number of aromatic nitrogens is 4. The highest BCUT2D eigenvalue weighted by molar-refractivity contribution is 6.12. The molecule has 0 N–H and O–H groups in total. The van der Waals surface area contributed by atoms with E-state index in [1.54, 1.807) is 0 Å². The smallest absolute Gasteiger partial charge is 0.145 e. The normalized spacial score (nSPS) is 11.7. The molecule has 65 heavy (non-hydrogen) atoms. The number of rotatable bonds is 7. The lowest BCUT2D eigenvalue weighted by atomic mass is 9.92. The molecule has 0 saturated carbocycles. The molecule has 4 heteroatoms. The summed E-state index contributed by atoms with van der Waals surface area (Å²) in [6, 6.07) is 87.7. The van der Waals surface area contributed by atoms with Crippen molar-refractivity contribution in [3.8, 4) is 61.8 Å². The van der Waals surface area contributed by atoms with Crippen molar-refractivity contribution in [1.29, 1.82) is 0 Å². The Morgan fingerprint density at radius 1 is 0.231 bits per heavy atom. The van der Waals surface area contributed by atoms with Crippen LogP contribution in [-0.2, 0) is 0 Å². The summed E-state index contributed by atoms with van der Waals surface area (Å²) in [6.45, 7) is 0. The Labute approximate surface area is 376 Å². The van der Waals surface area contributed by atoms with E-state index in [-0.39, 0.29) is 0 Å². The van der Waals surface area contributed by atoms with Crippen molar-refractivity contribution in [2.45, 2.75) is 0 Å². The Hall–Kier alpha value is -8.73. The summed E-state index contributed by atoms with van der Waals surface area (Å²) < 4.78 is 7.04. The highest BCUT2D eigenvalue weighted by atomic mass is 15.1. The zero-order valence-corrected chi connectivity index (χ0v) is 35.4. The third-order valence-corrected chi connectivity index (χ3v) is 13.0. The van der Waals surface area contributed by atoms with Gasteiger partial charge in [0.1, 0.15) is 5.82 Å². The number of hydrogen-bond acceptors (Lipinski definition) is 1. The van der Waals surface area contributed by atoms with Gasteiger partial charge in [0.05, 0.1) is 33.1 Å². The summed E-state index contributed by atoms with van der Waals surface area (Å²) in [7, 11) is 0. The molecule has 0 aliphatic rings. The van der Waals surface area contributed by atoms with Gasteiger partial charge in [-0.1, -0.05) is 133 Å². The van der Waals surface area contributed by atoms with Crippen LogP contribution in [0.1, 0.15) is 0 Å². The summed E-state index contributed by atoms with van der Waals surface area (Å²) in [4.78, 5) is 5.24. The van der Waals surface area contributed by atoms with Crippen molar-refractivity contribution in [1.82, 2.24) is 18.7 Å². The van der Waals surface area contributed by atoms with Gasteiger partial charge in [-0.25, -0.2) is 4.98 Å². The lowest BCUT2D eigenvalue weighted by molar-refractivity contribution is 1.10. The Morgan fingerprint density at radius 2 is 0.615 bits per heavy atom. The van der Waals surface area contributed by atoms with E-state index in [1.165, 1.54) is 54.7 Å². The molecule has 0 aliphatic heterocycles. The molecule has 13 aromatic rings. The van der Waals surface area contributed by atoms with Gasteiger partial charge in [0.15, 0.2) is 0 Å². The quantitative estimate of drug-likeness (QED) is 0.157. The summed E-state index contributed by atoms with van der Waals surface area (Å²) in [5.41, 5.74) is 18.2. The Balaban J connectivity index is 1.02. The van der Waals surface area contributed by atoms with Crippen LogP contribution in [0.15, 0.2) is 243 Å². The van der Waals surface area contributed by atoms with Crippen molar-refractivity contribution in [2.24, 2.45) is 0 Å². The monoisotopic (exact) mass is 828 g/mol. The molecule has 0 aliphatic carbocycles. The molecule has 0 atom stereocenters. The predicted molar refractivity (Wildman–Crippen MR) is 271 cm³/mol. The molecule has 13 rings (SSSR count). The molecule has 0 radical (unpaired) electrons. The van der Waals surface area contributed by atoms with Crippen LogP contribution in [0.4, 0.5) is 0 Å². The minimum atomic E-state index is 0.913. The molecule has 3 aromatic heterocycles. The minimum absolute atomic E-state index is 0.913. The lowest BCUT2D eigenvalue weighted by Gasteiger charge is -2.14. The second-order valence-electron chi connectivity index (χ2n) is 16.8. The van der Waals surface area contributed by atoms with Crippen molar-refractivity contribution < 1.29 is 0 Å². The summed E-state index contributed by atoms with van der Waals surface area (Å²) in [5.74, 6) is 0.913. The van der Waals surface area contributed by atoms with E-state index in [4.69, 9.17) is 4.98 Å². The van der Waals surface area contributed by atoms with E-state index in [2.05, 4.69) is 256 Å². The topological polar surface area (TPSA) is 27.7 Å². The first kappa shape index (κ1) is 36.9. The fraction of sp³-hybridized carbons (Fsp3) is 0. The molecule has 0 bridgehead atoms. The van der Waals surface area contributed by atoms with Crippen LogP contribution in [-0.4, -0.2) is 18.7 Å². The van der Waals surface area contributed by atoms with Gasteiger partial charge >= 0.3 is 0 Å². The second kappa shape index (κ2) is 15.0. The van der Waals surface area contributed by atoms with Gasteiger partial charge in [0.25, 0.3) is 0 Å². The molecule has 0 saturated heterocycles. The van der Waals surface area contributed by atoms with Crippen LogP contribution >= 0.6 is 0 Å². The largest absolute Gasteiger partial charge is 0.309 e. The van der Waals surface area contributed by atoms with Crippen molar-refractivity contribution >= 4 is 54.6 Å². The van der Waals surface area contributed by atoms with Crippen LogP contribution in [0.25, 0.3) is 116 Å². The van der Waals surface area contributed by atoms with Gasteiger partial charge in [-0.15, -0.1) is 0 Å². The first-order valence-electron chi connectivity index (χ1n) is 22.2. The van der Waals surface area contributed by atoms with Crippen molar-refractivity contribution in [3.05, 3.63) is 243 Å². The SMILES string of the molecule is c1ccc(-n2c(-c3cccc(-c4cc(-c5ccc6c(c5)c5ccccc5n6-c5ccccc5)cc(-c5ccc6c(c5)c5ccccc5n6-c5ccccc5)c4)c3)nc3ccccc32)cc1. The molecule has 0 spiro atoms. The van der Waals surface area contributed by atoms with Gasteiger partial charge in [-0.2, -0.15) is 0 Å². The molecule has 10 aromatic carbocycles. The first-order chi connectivity index (χ1) is 32.2. The highest BCUT2D eigenvalue weighted by Crippen LogP contribution is 2.41. The van der Waals surface area contributed by atoms with E-state index in [9.17, 15) is 0 Å². The Morgan fingerprint density at radius 3 is 1.14 bits per heavy atom. The fourth-order valence-corrected chi connectivity index (χ4v) is 10.0. The maximum absolute atomic E-state index is 5.24. The fourth-order valence-electron chi connectivity index (χ4n) is 10.0. The third-order valence-electron chi connectivity index (χ3n) is 13.0. The lowest BCUT2D eigenvalue weighted by Crippen LogP contribution is -1.97. The number of para-hydroxylation sites is 7. The Kier molecular flexibility index (Phi) is 8.50. The van der Waals surface area contributed by atoms with Crippen LogP contribution in [0.2, 0.25) is 0 Å². The van der Waals surface area contributed by atoms with E-state index < -0.39 is 0 Å². The maximum atomic E-state index is 5.24. The summed E-state index contributed by atoms with van der Waals surface area (Å²) in [5, 5.41) is 4.93. The molecule has 0 fully saturated rings. The maximum Gasteiger partial charge on any atom is 0.145 e. The van der Waals surface area contributed by atoms with Gasteiger partial charge < -0.3 is 9.13 Å². The van der Waals surface area contributed by atoms with Crippen molar-refractivity contribution in [2.75, 3.05) is 0 Å². The second-order valence-corrected chi connectivity index (χ2v) is 16.8. The molecule has 3 heterocycles. The van der Waals surface area contributed by atoms with Gasteiger partial charge in [0.2, 0.25) is 0 Å². The number of benzene rings is 10. The van der Waals surface area contributed by atoms with Gasteiger partial charge in [-0.05, 0) is 143 Å². The third kappa shape index (κ3) is 6.11. The number of nitrogens with zero attached hydrogens (tertiary/aromatic N) is 4. The summed E-state index contributed by atoms with van der Waals surface area (Å²) in [6.07, 6.45) is 0. The van der Waals surface area contributed by atoms with Gasteiger partial charge in [0, 0.05) is 44.2 Å². The van der Waals surface area contributed by atoms with Crippen LogP contribution in [0.5, 0.6) is 0 Å². The standard InChI is InChI=1S/C61H40N4/c1-4-19-48(20-5-1)63-56-28-13-10-25-51(56)53-39-42(31-33-58(53)63)46-36-45(41-17-16-18-44(35-41)61-62-55-27-12-15-30-60(55)65(61)50-23-8-3-9-24-50)37-47(38-46)43-32-34-59-54(40-43)52-26-11-14-29-57(52)64(59)49-21-6-2-7-22-49/h1-40H. The van der Waals surface area contributed by atoms with Gasteiger partial charge in [-0.3, -0.25) is 4.57 Å². The van der Waals surface area contributed by atoms with E-state index >= 15 is 0 Å². The number of hydrogen-bond donors (Lipinski definition) is 0. The average Bonchev–Trinajstić information content (AvgIpc) is 4.05. The Bertz CT molecular complexity index is 3750. The average molecular weight is 829 g/mol. The number of fused-ring (bicyclic) bond motifs is 7. The predicted octanol–water partition coefficient (Wildman–Crippen LogP) is 15.9. The minimum Gasteiger partial charge on any atom is -0.309 e. The molecular weight excluding hydrogens is 789 g/mol. The van der Waals surface area contributed by atoms with Crippen molar-refractivity contribution in [3.63, 3.8) is 0 Å².